The minimum atomic E-state index is -0.452. The van der Waals surface area contributed by atoms with Crippen LogP contribution in [0, 0.1) is 5.82 Å². The van der Waals surface area contributed by atoms with Crippen molar-refractivity contribution in [3.8, 4) is 0 Å². The molecule has 2 rings (SSSR count). The molecule has 2 aromatic carbocycles. The zero-order valence-corrected chi connectivity index (χ0v) is 12.4. The van der Waals surface area contributed by atoms with E-state index < -0.39 is 5.82 Å². The van der Waals surface area contributed by atoms with Crippen LogP contribution in [0.15, 0.2) is 46.9 Å². The van der Waals surface area contributed by atoms with Crippen molar-refractivity contribution in [2.24, 2.45) is 0 Å². The topological polar surface area (TPSA) is 38.3 Å². The maximum Gasteiger partial charge on any atom is 0.256 e. The largest absolute Gasteiger partial charge is 0.380 e. The van der Waals surface area contributed by atoms with Gasteiger partial charge in [-0.1, -0.05) is 12.1 Å². The standard InChI is InChI=1S/C15H13BrFNO2/c1-20-9-10-3-2-4-12(7-10)18-15(19)13-8-11(17)5-6-14(13)16/h2-8H,9H2,1H3,(H,18,19). The average molecular weight is 338 g/mol. The number of carbonyl (C=O) groups excluding carboxylic acids is 1. The van der Waals surface area contributed by atoms with Crippen LogP contribution in [0.1, 0.15) is 15.9 Å². The van der Waals surface area contributed by atoms with Crippen molar-refractivity contribution < 1.29 is 13.9 Å². The third-order valence-corrected chi connectivity index (χ3v) is 3.36. The van der Waals surface area contributed by atoms with E-state index in [0.717, 1.165) is 5.56 Å². The molecule has 0 aromatic heterocycles. The molecule has 20 heavy (non-hydrogen) atoms. The molecule has 0 unspecified atom stereocenters. The number of carbonyl (C=O) groups is 1. The number of hydrogen-bond donors (Lipinski definition) is 1. The Balaban J connectivity index is 2.19. The summed E-state index contributed by atoms with van der Waals surface area (Å²) in [6.07, 6.45) is 0. The van der Waals surface area contributed by atoms with Gasteiger partial charge in [-0.25, -0.2) is 4.39 Å². The molecule has 3 nitrogen and oxygen atoms in total. The van der Waals surface area contributed by atoms with Crippen LogP contribution >= 0.6 is 15.9 Å². The summed E-state index contributed by atoms with van der Waals surface area (Å²) in [5.41, 5.74) is 1.84. The third-order valence-electron chi connectivity index (χ3n) is 2.67. The van der Waals surface area contributed by atoms with Crippen LogP contribution in [0.3, 0.4) is 0 Å². The number of ether oxygens (including phenoxy) is 1. The van der Waals surface area contributed by atoms with E-state index in [1.54, 1.807) is 13.2 Å². The summed E-state index contributed by atoms with van der Waals surface area (Å²) in [6.45, 7) is 0.466. The molecule has 0 aliphatic carbocycles. The van der Waals surface area contributed by atoms with E-state index in [2.05, 4.69) is 21.2 Å². The fourth-order valence-corrected chi connectivity index (χ4v) is 2.20. The molecule has 0 saturated carbocycles. The van der Waals surface area contributed by atoms with Crippen molar-refractivity contribution in [3.05, 3.63) is 63.9 Å². The van der Waals surface area contributed by atoms with Crippen LogP contribution in [-0.4, -0.2) is 13.0 Å². The smallest absolute Gasteiger partial charge is 0.256 e. The van der Waals surface area contributed by atoms with Gasteiger partial charge in [-0.05, 0) is 51.8 Å². The van der Waals surface area contributed by atoms with E-state index >= 15 is 0 Å². The van der Waals surface area contributed by atoms with Gasteiger partial charge in [-0.15, -0.1) is 0 Å². The van der Waals surface area contributed by atoms with Crippen molar-refractivity contribution in [2.75, 3.05) is 12.4 Å². The van der Waals surface area contributed by atoms with E-state index in [9.17, 15) is 9.18 Å². The van der Waals surface area contributed by atoms with Crippen LogP contribution in [0.2, 0.25) is 0 Å². The Morgan fingerprint density at radius 2 is 2.10 bits per heavy atom. The molecule has 1 amide bonds. The molecule has 0 heterocycles. The Bertz CT molecular complexity index is 631. The molecule has 0 radical (unpaired) electrons. The predicted molar refractivity (Wildman–Crippen MR) is 79.2 cm³/mol. The van der Waals surface area contributed by atoms with E-state index in [1.165, 1.54) is 18.2 Å². The monoisotopic (exact) mass is 337 g/mol. The van der Waals surface area contributed by atoms with Crippen molar-refractivity contribution in [2.45, 2.75) is 6.61 Å². The number of nitrogens with one attached hydrogen (secondary N) is 1. The second-order valence-electron chi connectivity index (χ2n) is 4.21. The first kappa shape index (κ1) is 14.7. The maximum atomic E-state index is 13.2. The van der Waals surface area contributed by atoms with Gasteiger partial charge in [0.1, 0.15) is 5.82 Å². The van der Waals surface area contributed by atoms with Crippen molar-refractivity contribution in [1.29, 1.82) is 0 Å². The lowest BCUT2D eigenvalue weighted by molar-refractivity contribution is 0.102. The first-order valence-electron chi connectivity index (χ1n) is 5.94. The third kappa shape index (κ3) is 3.65. The van der Waals surface area contributed by atoms with Crippen molar-refractivity contribution in [1.82, 2.24) is 0 Å². The molecule has 5 heteroatoms. The highest BCUT2D eigenvalue weighted by atomic mass is 79.9. The van der Waals surface area contributed by atoms with Crippen LogP contribution in [0.4, 0.5) is 10.1 Å². The second kappa shape index (κ2) is 6.63. The Hall–Kier alpha value is -1.72. The summed E-state index contributed by atoms with van der Waals surface area (Å²) in [6, 6.07) is 11.3. The summed E-state index contributed by atoms with van der Waals surface area (Å²) < 4.78 is 18.8. The van der Waals surface area contributed by atoms with Crippen LogP contribution < -0.4 is 5.32 Å². The summed E-state index contributed by atoms with van der Waals surface area (Å²) in [4.78, 5) is 12.1. The lowest BCUT2D eigenvalue weighted by atomic mass is 10.2. The summed E-state index contributed by atoms with van der Waals surface area (Å²) in [5, 5.41) is 2.73. The minimum Gasteiger partial charge on any atom is -0.380 e. The number of amides is 1. The lowest BCUT2D eigenvalue weighted by Gasteiger charge is -2.08. The molecule has 0 atom stereocenters. The van der Waals surface area contributed by atoms with E-state index in [0.29, 0.717) is 16.8 Å². The number of benzene rings is 2. The minimum absolute atomic E-state index is 0.252. The van der Waals surface area contributed by atoms with Crippen molar-refractivity contribution >= 4 is 27.5 Å². The number of rotatable bonds is 4. The Morgan fingerprint density at radius 3 is 2.85 bits per heavy atom. The van der Waals surface area contributed by atoms with E-state index in [4.69, 9.17) is 4.74 Å². The van der Waals surface area contributed by atoms with Gasteiger partial charge in [-0.2, -0.15) is 0 Å². The van der Waals surface area contributed by atoms with Crippen LogP contribution in [-0.2, 0) is 11.3 Å². The molecule has 0 aliphatic rings. The molecule has 1 N–H and O–H groups in total. The maximum absolute atomic E-state index is 13.2. The zero-order valence-electron chi connectivity index (χ0n) is 10.8. The van der Waals surface area contributed by atoms with E-state index in [1.807, 2.05) is 18.2 Å². The summed E-state index contributed by atoms with van der Waals surface area (Å²) in [7, 11) is 1.61. The summed E-state index contributed by atoms with van der Waals surface area (Å²) in [5.74, 6) is -0.822. The van der Waals surface area contributed by atoms with Crippen LogP contribution in [0.25, 0.3) is 0 Å². The fourth-order valence-electron chi connectivity index (χ4n) is 1.78. The normalized spacial score (nSPS) is 10.3. The Morgan fingerprint density at radius 1 is 1.30 bits per heavy atom. The van der Waals surface area contributed by atoms with Gasteiger partial charge >= 0.3 is 0 Å². The van der Waals surface area contributed by atoms with Crippen LogP contribution in [0.5, 0.6) is 0 Å². The lowest BCUT2D eigenvalue weighted by Crippen LogP contribution is -2.13. The van der Waals surface area contributed by atoms with Gasteiger partial charge < -0.3 is 10.1 Å². The van der Waals surface area contributed by atoms with Gasteiger partial charge in [-0.3, -0.25) is 4.79 Å². The predicted octanol–water partition coefficient (Wildman–Crippen LogP) is 3.99. The molecular formula is C15H13BrFNO2. The fraction of sp³-hybridized carbons (Fsp3) is 0.133. The summed E-state index contributed by atoms with van der Waals surface area (Å²) >= 11 is 3.24. The van der Waals surface area contributed by atoms with Crippen molar-refractivity contribution in [3.63, 3.8) is 0 Å². The highest BCUT2D eigenvalue weighted by Crippen LogP contribution is 2.20. The molecule has 0 aliphatic heterocycles. The van der Waals surface area contributed by atoms with Gasteiger partial charge in [0.2, 0.25) is 0 Å². The van der Waals surface area contributed by atoms with Gasteiger partial charge in [0.15, 0.2) is 0 Å². The Kier molecular flexibility index (Phi) is 4.87. The Labute approximate surface area is 124 Å². The molecule has 2 aromatic rings. The number of halogens is 2. The first-order valence-corrected chi connectivity index (χ1v) is 6.73. The quantitative estimate of drug-likeness (QED) is 0.916. The van der Waals surface area contributed by atoms with Gasteiger partial charge in [0.25, 0.3) is 5.91 Å². The van der Waals surface area contributed by atoms with Gasteiger partial charge in [0.05, 0.1) is 12.2 Å². The highest BCUT2D eigenvalue weighted by molar-refractivity contribution is 9.10. The SMILES string of the molecule is COCc1cccc(NC(=O)c2cc(F)ccc2Br)c1. The number of hydrogen-bond acceptors (Lipinski definition) is 2. The molecule has 0 spiro atoms. The first-order chi connectivity index (χ1) is 9.60. The molecule has 0 bridgehead atoms. The molecule has 0 saturated heterocycles. The van der Waals surface area contributed by atoms with Gasteiger partial charge in [0, 0.05) is 17.3 Å². The van der Waals surface area contributed by atoms with E-state index in [-0.39, 0.29) is 11.5 Å². The molecule has 0 fully saturated rings. The molecule has 104 valence electrons. The number of anilines is 1. The average Bonchev–Trinajstić information content (AvgIpc) is 2.42. The zero-order chi connectivity index (χ0) is 14.5. The number of methoxy groups -OCH3 is 1. The molecular weight excluding hydrogens is 325 g/mol. The highest BCUT2D eigenvalue weighted by Gasteiger charge is 2.11. The second-order valence-corrected chi connectivity index (χ2v) is 5.07.